The first-order chi connectivity index (χ1) is 15.7. The molecule has 4 aromatic rings. The van der Waals surface area contributed by atoms with Crippen LogP contribution in [0.4, 0.5) is 5.69 Å². The van der Waals surface area contributed by atoms with Gasteiger partial charge in [0.25, 0.3) is 5.91 Å². The topological polar surface area (TPSA) is 54.4 Å². The van der Waals surface area contributed by atoms with Crippen LogP contribution in [-0.4, -0.2) is 17.1 Å². The molecule has 1 aromatic heterocycles. The summed E-state index contributed by atoms with van der Waals surface area (Å²) in [5.74, 6) is -0.143. The molecular weight excluding hydrogens is 438 g/mol. The number of pyridine rings is 1. The van der Waals surface area contributed by atoms with Crippen molar-refractivity contribution in [2.45, 2.75) is 16.3 Å². The van der Waals surface area contributed by atoms with Crippen LogP contribution >= 0.6 is 23.4 Å². The smallest absolute Gasteiger partial charge is 0.251 e. The van der Waals surface area contributed by atoms with Gasteiger partial charge in [0.05, 0.1) is 5.69 Å². The monoisotopic (exact) mass is 455 g/mol. The van der Waals surface area contributed by atoms with Crippen LogP contribution in [0.1, 0.15) is 21.5 Å². The van der Waals surface area contributed by atoms with Crippen molar-refractivity contribution in [2.24, 2.45) is 4.99 Å². The molecule has 0 radical (unpaired) electrons. The summed E-state index contributed by atoms with van der Waals surface area (Å²) in [5.41, 5.74) is 5.32. The van der Waals surface area contributed by atoms with Crippen LogP contribution in [0.25, 0.3) is 11.1 Å². The van der Waals surface area contributed by atoms with Crippen molar-refractivity contribution < 1.29 is 4.79 Å². The summed E-state index contributed by atoms with van der Waals surface area (Å²) in [6.07, 6.45) is 5.32. The Hall–Kier alpha value is -3.41. The maximum absolute atomic E-state index is 12.7. The average molecular weight is 456 g/mol. The molecule has 0 bridgehead atoms. The minimum Gasteiger partial charge on any atom is -0.348 e. The van der Waals surface area contributed by atoms with E-state index in [1.54, 1.807) is 24.2 Å². The van der Waals surface area contributed by atoms with Crippen molar-refractivity contribution in [1.82, 2.24) is 10.3 Å². The molecule has 4 nitrogen and oxygen atoms in total. The molecule has 0 saturated heterocycles. The zero-order valence-electron chi connectivity index (χ0n) is 17.0. The van der Waals surface area contributed by atoms with Gasteiger partial charge in [0.15, 0.2) is 0 Å². The van der Waals surface area contributed by atoms with Gasteiger partial charge >= 0.3 is 0 Å². The Balaban J connectivity index is 1.44. The molecule has 0 fully saturated rings. The van der Waals surface area contributed by atoms with E-state index in [0.717, 1.165) is 37.7 Å². The Morgan fingerprint density at radius 2 is 1.81 bits per heavy atom. The summed E-state index contributed by atoms with van der Waals surface area (Å²) >= 11 is 8.10. The molecule has 1 aliphatic heterocycles. The molecule has 0 atom stereocenters. The number of aliphatic imine (C=N–C) groups is 1. The van der Waals surface area contributed by atoms with Gasteiger partial charge < -0.3 is 5.32 Å². The van der Waals surface area contributed by atoms with E-state index in [2.05, 4.69) is 22.4 Å². The molecule has 0 spiro atoms. The van der Waals surface area contributed by atoms with Gasteiger partial charge in [-0.25, -0.2) is 0 Å². The Morgan fingerprint density at radius 1 is 0.938 bits per heavy atom. The van der Waals surface area contributed by atoms with E-state index in [-0.39, 0.29) is 5.91 Å². The van der Waals surface area contributed by atoms with E-state index >= 15 is 0 Å². The maximum Gasteiger partial charge on any atom is 0.251 e. The Bertz CT molecular complexity index is 1340. The van der Waals surface area contributed by atoms with Gasteiger partial charge in [-0.3, -0.25) is 14.8 Å². The zero-order chi connectivity index (χ0) is 21.9. The van der Waals surface area contributed by atoms with Crippen LogP contribution in [0, 0.1) is 0 Å². The number of nitrogens with zero attached hydrogens (tertiary/aromatic N) is 2. The van der Waals surface area contributed by atoms with E-state index in [1.165, 1.54) is 0 Å². The van der Waals surface area contributed by atoms with Crippen molar-refractivity contribution in [3.63, 3.8) is 0 Å². The van der Waals surface area contributed by atoms with Crippen molar-refractivity contribution in [3.8, 4) is 11.1 Å². The Kier molecular flexibility index (Phi) is 5.75. The standard InChI is InChI=1S/C26H18ClN3OS/c27-22-8-2-1-6-20(22)19-7-3-9-24-21(19)16-29-23-13-18(10-11-25(23)32-24)26(31)30-15-17-5-4-12-28-14-17/h1-14,16H,15H2,(H,30,31). The van der Waals surface area contributed by atoms with E-state index in [9.17, 15) is 4.79 Å². The van der Waals surface area contributed by atoms with E-state index in [4.69, 9.17) is 16.6 Å². The first-order valence-corrected chi connectivity index (χ1v) is 11.3. The zero-order valence-corrected chi connectivity index (χ0v) is 18.5. The molecule has 3 aromatic carbocycles. The largest absolute Gasteiger partial charge is 0.348 e. The molecule has 5 rings (SSSR count). The quantitative estimate of drug-likeness (QED) is 0.334. The van der Waals surface area contributed by atoms with Crippen LogP contribution in [0.5, 0.6) is 0 Å². The number of hydrogen-bond acceptors (Lipinski definition) is 4. The number of rotatable bonds is 4. The van der Waals surface area contributed by atoms with Crippen molar-refractivity contribution in [3.05, 3.63) is 107 Å². The molecule has 0 unspecified atom stereocenters. The number of carbonyl (C=O) groups excluding carboxylic acids is 1. The highest BCUT2D eigenvalue weighted by Gasteiger charge is 2.17. The lowest BCUT2D eigenvalue weighted by molar-refractivity contribution is 0.0951. The lowest BCUT2D eigenvalue weighted by Gasteiger charge is -2.11. The molecule has 1 aliphatic rings. The fourth-order valence-electron chi connectivity index (χ4n) is 3.57. The highest BCUT2D eigenvalue weighted by molar-refractivity contribution is 7.99. The van der Waals surface area contributed by atoms with E-state index < -0.39 is 0 Å². The van der Waals surface area contributed by atoms with Gasteiger partial charge in [0, 0.05) is 56.7 Å². The summed E-state index contributed by atoms with van der Waals surface area (Å²) in [7, 11) is 0. The highest BCUT2D eigenvalue weighted by atomic mass is 35.5. The minimum absolute atomic E-state index is 0.143. The predicted molar refractivity (Wildman–Crippen MR) is 130 cm³/mol. The van der Waals surface area contributed by atoms with Crippen LogP contribution in [-0.2, 0) is 6.54 Å². The second kappa shape index (κ2) is 8.99. The van der Waals surface area contributed by atoms with Crippen LogP contribution in [0.2, 0.25) is 5.02 Å². The second-order valence-electron chi connectivity index (χ2n) is 7.28. The number of carbonyl (C=O) groups is 1. The predicted octanol–water partition coefficient (Wildman–Crippen LogP) is 6.55. The normalized spacial score (nSPS) is 11.9. The highest BCUT2D eigenvalue weighted by Crippen LogP contribution is 2.42. The summed E-state index contributed by atoms with van der Waals surface area (Å²) in [5, 5.41) is 3.64. The summed E-state index contributed by atoms with van der Waals surface area (Å²) in [6, 6.07) is 23.4. The van der Waals surface area contributed by atoms with Crippen LogP contribution < -0.4 is 5.32 Å². The first-order valence-electron chi connectivity index (χ1n) is 10.1. The summed E-state index contributed by atoms with van der Waals surface area (Å²) < 4.78 is 0. The first kappa shape index (κ1) is 20.5. The molecule has 0 aliphatic carbocycles. The molecule has 6 heteroatoms. The van der Waals surface area contributed by atoms with E-state index in [0.29, 0.717) is 17.1 Å². The third-order valence-electron chi connectivity index (χ3n) is 5.18. The third-order valence-corrected chi connectivity index (χ3v) is 6.65. The molecule has 1 N–H and O–H groups in total. The molecule has 0 saturated carbocycles. The number of amides is 1. The Labute approximate surface area is 195 Å². The van der Waals surface area contributed by atoms with Crippen molar-refractivity contribution >= 4 is 41.2 Å². The maximum atomic E-state index is 12.7. The molecule has 32 heavy (non-hydrogen) atoms. The number of fused-ring (bicyclic) bond motifs is 2. The SMILES string of the molecule is O=C(NCc1cccnc1)c1ccc2c(c1)N=Cc1c(cccc1-c1ccccc1Cl)S2. The van der Waals surface area contributed by atoms with Gasteiger partial charge in [-0.15, -0.1) is 0 Å². The second-order valence-corrected chi connectivity index (χ2v) is 8.77. The third kappa shape index (κ3) is 4.17. The molecule has 1 amide bonds. The van der Waals surface area contributed by atoms with Crippen LogP contribution in [0.3, 0.4) is 0 Å². The summed E-state index contributed by atoms with van der Waals surface area (Å²) in [4.78, 5) is 23.6. The van der Waals surface area contributed by atoms with Gasteiger partial charge in [-0.05, 0) is 47.5 Å². The molecular formula is C26H18ClN3OS. The van der Waals surface area contributed by atoms with Gasteiger partial charge in [0.1, 0.15) is 0 Å². The minimum atomic E-state index is -0.143. The fraction of sp³-hybridized carbons (Fsp3) is 0.0385. The number of aromatic nitrogens is 1. The molecule has 2 heterocycles. The average Bonchev–Trinajstić information content (AvgIpc) is 3.02. The van der Waals surface area contributed by atoms with Crippen molar-refractivity contribution in [2.75, 3.05) is 0 Å². The summed E-state index contributed by atoms with van der Waals surface area (Å²) in [6.45, 7) is 0.425. The number of hydrogen-bond donors (Lipinski definition) is 1. The molecule has 156 valence electrons. The number of halogens is 1. The van der Waals surface area contributed by atoms with E-state index in [1.807, 2.05) is 66.9 Å². The van der Waals surface area contributed by atoms with Gasteiger partial charge in [-0.1, -0.05) is 59.8 Å². The Morgan fingerprint density at radius 3 is 2.66 bits per heavy atom. The lowest BCUT2D eigenvalue weighted by Crippen LogP contribution is -2.22. The number of benzene rings is 3. The van der Waals surface area contributed by atoms with Crippen molar-refractivity contribution in [1.29, 1.82) is 0 Å². The van der Waals surface area contributed by atoms with Crippen LogP contribution in [0.15, 0.2) is 100.0 Å². The van der Waals surface area contributed by atoms with Gasteiger partial charge in [0.2, 0.25) is 0 Å². The fourth-order valence-corrected chi connectivity index (χ4v) is 4.81. The lowest BCUT2D eigenvalue weighted by atomic mass is 10.00. The van der Waals surface area contributed by atoms with Gasteiger partial charge in [-0.2, -0.15) is 0 Å². The number of nitrogens with one attached hydrogen (secondary N) is 1.